The molecule has 4 rings (SSSR count). The minimum Gasteiger partial charge on any atom is -0.280 e. The van der Waals surface area contributed by atoms with E-state index in [1.54, 1.807) is 46.6 Å². The molecule has 7 heteroatoms. The lowest BCUT2D eigenvalue weighted by Crippen LogP contribution is -2.31. The molecule has 2 aliphatic rings. The molecular formula is C21H21N3O3S. The van der Waals surface area contributed by atoms with Crippen LogP contribution in [-0.4, -0.2) is 29.3 Å². The van der Waals surface area contributed by atoms with E-state index < -0.39 is 0 Å². The fourth-order valence-electron chi connectivity index (χ4n) is 3.60. The maximum atomic E-state index is 13.1. The molecule has 144 valence electrons. The zero-order chi connectivity index (χ0) is 19.7. The van der Waals surface area contributed by atoms with E-state index in [4.69, 9.17) is 4.98 Å². The number of nitrogens with zero attached hydrogens (tertiary/aromatic N) is 3. The second-order valence-electron chi connectivity index (χ2n) is 6.95. The van der Waals surface area contributed by atoms with Crippen molar-refractivity contribution in [2.45, 2.75) is 38.5 Å². The molecule has 0 atom stereocenters. The van der Waals surface area contributed by atoms with Crippen LogP contribution in [0.3, 0.4) is 0 Å². The van der Waals surface area contributed by atoms with Crippen molar-refractivity contribution in [3.8, 4) is 0 Å². The van der Waals surface area contributed by atoms with Crippen LogP contribution < -0.4 is 9.80 Å². The Morgan fingerprint density at radius 3 is 2.43 bits per heavy atom. The molecule has 1 fully saturated rings. The number of hydrogen-bond acceptors (Lipinski definition) is 5. The van der Waals surface area contributed by atoms with E-state index >= 15 is 0 Å². The first-order chi connectivity index (χ1) is 13.6. The summed E-state index contributed by atoms with van der Waals surface area (Å²) in [6.45, 7) is 4.14. The number of benzene rings is 1. The summed E-state index contributed by atoms with van der Waals surface area (Å²) in [6.07, 6.45) is 6.46. The predicted molar refractivity (Wildman–Crippen MR) is 109 cm³/mol. The van der Waals surface area contributed by atoms with Crippen LogP contribution in [0.5, 0.6) is 0 Å². The Hall–Kier alpha value is -2.80. The second kappa shape index (κ2) is 7.67. The molecule has 2 heterocycles. The number of carbonyl (C=O) groups is 3. The summed E-state index contributed by atoms with van der Waals surface area (Å²) in [5.41, 5.74) is 2.09. The quantitative estimate of drug-likeness (QED) is 0.574. The summed E-state index contributed by atoms with van der Waals surface area (Å²) in [5.74, 6) is -0.576. The summed E-state index contributed by atoms with van der Waals surface area (Å²) in [6, 6.07) is 6.60. The molecule has 1 aliphatic carbocycles. The van der Waals surface area contributed by atoms with Gasteiger partial charge in [-0.25, -0.2) is 4.98 Å². The minimum absolute atomic E-state index is 0.170. The van der Waals surface area contributed by atoms with Crippen molar-refractivity contribution in [1.82, 2.24) is 4.98 Å². The highest BCUT2D eigenvalue weighted by molar-refractivity contribution is 7.16. The minimum atomic E-state index is -0.203. The van der Waals surface area contributed by atoms with Gasteiger partial charge in [-0.2, -0.15) is 0 Å². The van der Waals surface area contributed by atoms with Crippen LogP contribution in [0.25, 0.3) is 0 Å². The average molecular weight is 395 g/mol. The van der Waals surface area contributed by atoms with Crippen molar-refractivity contribution in [2.75, 3.05) is 16.3 Å². The Morgan fingerprint density at radius 2 is 1.79 bits per heavy atom. The molecule has 3 amide bonds. The number of thiazole rings is 1. The van der Waals surface area contributed by atoms with Gasteiger partial charge < -0.3 is 0 Å². The van der Waals surface area contributed by atoms with Crippen molar-refractivity contribution in [2.24, 2.45) is 0 Å². The molecule has 1 saturated heterocycles. The number of aromatic nitrogens is 1. The Morgan fingerprint density at radius 1 is 1.11 bits per heavy atom. The summed E-state index contributed by atoms with van der Waals surface area (Å²) in [4.78, 5) is 45.7. The van der Waals surface area contributed by atoms with Gasteiger partial charge in [0.2, 0.25) is 11.8 Å². The molecule has 0 unspecified atom stereocenters. The molecule has 1 aromatic carbocycles. The molecule has 0 spiro atoms. The number of hydrogen-bond donors (Lipinski definition) is 0. The first-order valence-corrected chi connectivity index (χ1v) is 10.3. The van der Waals surface area contributed by atoms with E-state index in [2.05, 4.69) is 6.58 Å². The smallest absolute Gasteiger partial charge is 0.260 e. The van der Waals surface area contributed by atoms with Gasteiger partial charge in [0.1, 0.15) is 0 Å². The van der Waals surface area contributed by atoms with E-state index in [1.165, 1.54) is 16.2 Å². The highest BCUT2D eigenvalue weighted by Gasteiger charge is 2.30. The molecule has 28 heavy (non-hydrogen) atoms. The third kappa shape index (κ3) is 3.38. The van der Waals surface area contributed by atoms with Crippen molar-refractivity contribution in [3.05, 3.63) is 53.1 Å². The number of imide groups is 1. The normalized spacial score (nSPS) is 16.2. The van der Waals surface area contributed by atoms with E-state index in [0.29, 0.717) is 22.9 Å². The van der Waals surface area contributed by atoms with E-state index in [0.717, 1.165) is 25.0 Å². The lowest BCUT2D eigenvalue weighted by atomic mass is 10.0. The number of rotatable bonds is 5. The van der Waals surface area contributed by atoms with Gasteiger partial charge in [-0.3, -0.25) is 24.2 Å². The highest BCUT2D eigenvalue weighted by atomic mass is 32.1. The van der Waals surface area contributed by atoms with Crippen LogP contribution in [-0.2, 0) is 22.4 Å². The van der Waals surface area contributed by atoms with Gasteiger partial charge in [-0.1, -0.05) is 6.08 Å². The summed E-state index contributed by atoms with van der Waals surface area (Å²) >= 11 is 1.58. The van der Waals surface area contributed by atoms with Gasteiger partial charge in [0, 0.05) is 29.8 Å². The topological polar surface area (TPSA) is 70.6 Å². The van der Waals surface area contributed by atoms with Crippen LogP contribution in [0.4, 0.5) is 10.8 Å². The van der Waals surface area contributed by atoms with Crippen LogP contribution >= 0.6 is 11.3 Å². The number of fused-ring (bicyclic) bond motifs is 1. The fourth-order valence-corrected chi connectivity index (χ4v) is 4.76. The van der Waals surface area contributed by atoms with Crippen molar-refractivity contribution >= 4 is 39.9 Å². The highest BCUT2D eigenvalue weighted by Crippen LogP contribution is 2.32. The van der Waals surface area contributed by atoms with Gasteiger partial charge in [-0.15, -0.1) is 17.9 Å². The molecule has 1 aliphatic heterocycles. The first-order valence-electron chi connectivity index (χ1n) is 9.45. The monoisotopic (exact) mass is 395 g/mol. The van der Waals surface area contributed by atoms with E-state index in [-0.39, 0.29) is 30.6 Å². The predicted octanol–water partition coefficient (Wildman–Crippen LogP) is 3.51. The van der Waals surface area contributed by atoms with Crippen LogP contribution in [0, 0.1) is 0 Å². The van der Waals surface area contributed by atoms with Crippen molar-refractivity contribution in [3.63, 3.8) is 0 Å². The van der Waals surface area contributed by atoms with Crippen molar-refractivity contribution in [1.29, 1.82) is 0 Å². The lowest BCUT2D eigenvalue weighted by Gasteiger charge is -2.19. The number of amides is 3. The number of anilines is 2. The maximum Gasteiger partial charge on any atom is 0.260 e. The Bertz CT molecular complexity index is 909. The number of aryl methyl sites for hydroxylation is 2. The third-order valence-corrected chi connectivity index (χ3v) is 6.23. The molecule has 6 nitrogen and oxygen atoms in total. The molecule has 0 N–H and O–H groups in total. The van der Waals surface area contributed by atoms with Crippen molar-refractivity contribution < 1.29 is 14.4 Å². The molecule has 2 aromatic rings. The molecule has 0 saturated carbocycles. The van der Waals surface area contributed by atoms with E-state index in [9.17, 15) is 14.4 Å². The van der Waals surface area contributed by atoms with Gasteiger partial charge >= 0.3 is 0 Å². The van der Waals surface area contributed by atoms with E-state index in [1.807, 2.05) is 0 Å². The zero-order valence-corrected chi connectivity index (χ0v) is 16.3. The standard InChI is InChI=1S/C21H21N3O3S/c1-2-13-23(21-22-16-5-3-4-6-17(16)28-21)20(27)14-7-9-15(10-8-14)24-18(25)11-12-19(24)26/h2,7-10H,1,3-6,11-13H2. The SMILES string of the molecule is C=CCN(C(=O)c1ccc(N2C(=O)CCC2=O)cc1)c1nc2c(s1)CCCC2. The summed E-state index contributed by atoms with van der Waals surface area (Å²) in [5, 5.41) is 0.700. The largest absolute Gasteiger partial charge is 0.280 e. The van der Waals surface area contributed by atoms with Gasteiger partial charge in [0.05, 0.1) is 11.4 Å². The molecule has 0 radical (unpaired) electrons. The zero-order valence-electron chi connectivity index (χ0n) is 15.5. The molecule has 0 bridgehead atoms. The lowest BCUT2D eigenvalue weighted by molar-refractivity contribution is -0.121. The summed E-state index contributed by atoms with van der Waals surface area (Å²) < 4.78 is 0. The summed E-state index contributed by atoms with van der Waals surface area (Å²) in [7, 11) is 0. The number of carbonyl (C=O) groups excluding carboxylic acids is 3. The Labute approximate surface area is 167 Å². The van der Waals surface area contributed by atoms with Crippen LogP contribution in [0.15, 0.2) is 36.9 Å². The third-order valence-electron chi connectivity index (χ3n) is 5.05. The van der Waals surface area contributed by atoms with Gasteiger partial charge in [0.15, 0.2) is 5.13 Å². The molecular weight excluding hydrogens is 374 g/mol. The van der Waals surface area contributed by atoms with Crippen LogP contribution in [0.2, 0.25) is 0 Å². The van der Waals surface area contributed by atoms with Gasteiger partial charge in [-0.05, 0) is 49.9 Å². The van der Waals surface area contributed by atoms with Crippen LogP contribution in [0.1, 0.15) is 46.6 Å². The first kappa shape index (κ1) is 18.6. The fraction of sp³-hybridized carbons (Fsp3) is 0.333. The molecule has 1 aromatic heterocycles. The second-order valence-corrected chi connectivity index (χ2v) is 8.01. The Balaban J connectivity index is 1.59. The van der Waals surface area contributed by atoms with Gasteiger partial charge in [0.25, 0.3) is 5.91 Å². The average Bonchev–Trinajstić information content (AvgIpc) is 3.28. The Kier molecular flexibility index (Phi) is 5.09. The maximum absolute atomic E-state index is 13.1.